The second-order valence-electron chi connectivity index (χ2n) is 14.1. The Balaban J connectivity index is 4.10. The fourth-order valence-electron chi connectivity index (χ4n) is 5.94. The summed E-state index contributed by atoms with van der Waals surface area (Å²) in [5.41, 5.74) is 0. The number of hydrogen-bond acceptors (Lipinski definition) is 7. The molecule has 3 N–H and O–H groups in total. The van der Waals surface area contributed by atoms with Crippen molar-refractivity contribution >= 4 is 17.8 Å². The topological polar surface area (TPSA) is 114 Å². The van der Waals surface area contributed by atoms with Gasteiger partial charge in [0.15, 0.2) is 0 Å². The van der Waals surface area contributed by atoms with Gasteiger partial charge in [-0.1, -0.05) is 127 Å². The second kappa shape index (κ2) is 41.3. The molecule has 1 amide bonds. The Morgan fingerprint density at radius 1 is 0.558 bits per heavy atom. The van der Waals surface area contributed by atoms with E-state index in [1.165, 1.54) is 70.6 Å². The summed E-state index contributed by atoms with van der Waals surface area (Å²) < 4.78 is 10.8. The van der Waals surface area contributed by atoms with Crippen molar-refractivity contribution in [2.45, 2.75) is 193 Å². The third kappa shape index (κ3) is 38.8. The average Bonchev–Trinajstić information content (AvgIpc) is 3.14. The number of unbranched alkanes of at least 4 members (excludes halogenated alkanes) is 16. The zero-order valence-electron chi connectivity index (χ0n) is 33.7. The van der Waals surface area contributed by atoms with Crippen LogP contribution in [0, 0.1) is 0 Å². The lowest BCUT2D eigenvalue weighted by Crippen LogP contribution is -2.37. The van der Waals surface area contributed by atoms with Gasteiger partial charge in [-0.25, -0.2) is 0 Å². The maximum Gasteiger partial charge on any atom is 0.306 e. The highest BCUT2D eigenvalue weighted by Gasteiger charge is 2.13. The molecule has 0 spiro atoms. The van der Waals surface area contributed by atoms with Crippen molar-refractivity contribution in [1.82, 2.24) is 10.6 Å². The molecule has 0 rings (SSSR count). The molecule has 0 aliphatic heterocycles. The van der Waals surface area contributed by atoms with Gasteiger partial charge in [-0.2, -0.15) is 0 Å². The number of hydrogen-bond donors (Lipinski definition) is 3. The molecule has 0 aromatic rings. The van der Waals surface area contributed by atoms with E-state index in [1.807, 2.05) is 6.08 Å². The lowest BCUT2D eigenvalue weighted by Gasteiger charge is -2.19. The van der Waals surface area contributed by atoms with Crippen molar-refractivity contribution in [3.8, 4) is 0 Å². The van der Waals surface area contributed by atoms with Crippen LogP contribution < -0.4 is 10.6 Å². The van der Waals surface area contributed by atoms with Crippen LogP contribution in [0.5, 0.6) is 0 Å². The molecule has 1 atom stereocenters. The fraction of sp³-hybridized carbons (Fsp3) is 0.795. The van der Waals surface area contributed by atoms with Gasteiger partial charge in [-0.15, -0.1) is 0 Å². The van der Waals surface area contributed by atoms with Gasteiger partial charge in [0.2, 0.25) is 5.91 Å². The molecule has 0 aromatic carbocycles. The van der Waals surface area contributed by atoms with E-state index in [-0.39, 0.29) is 30.5 Å². The first-order chi connectivity index (χ1) is 25.5. The van der Waals surface area contributed by atoms with Crippen LogP contribution >= 0.6 is 0 Å². The molecule has 52 heavy (non-hydrogen) atoms. The van der Waals surface area contributed by atoms with E-state index >= 15 is 0 Å². The molecule has 0 aromatic heterocycles. The van der Waals surface area contributed by atoms with Crippen molar-refractivity contribution in [2.75, 3.05) is 32.9 Å². The standard InChI is InChI=1S/C44H80N2O6/c1-3-5-7-9-11-13-14-15-16-17-18-19-20-22-27-33-44(50)52-40-30-32-41(46-42(48)35-36-45-37-38-47)31-26-23-24-28-34-43(49)51-39-29-25-21-12-10-8-6-4-2/h11,13,15-16,25,29,41,45,47H,3-10,12,14,17-24,26-28,30-40H2,1-2H3,(H,46,48)/b13-11-,16-15-,29-25+. The monoisotopic (exact) mass is 733 g/mol. The van der Waals surface area contributed by atoms with Crippen LogP contribution in [-0.4, -0.2) is 61.9 Å². The van der Waals surface area contributed by atoms with Crippen LogP contribution in [0.3, 0.4) is 0 Å². The Morgan fingerprint density at radius 3 is 1.73 bits per heavy atom. The minimum Gasteiger partial charge on any atom is -0.466 e. The first-order valence-corrected chi connectivity index (χ1v) is 21.4. The van der Waals surface area contributed by atoms with Crippen LogP contribution in [0.25, 0.3) is 0 Å². The maximum absolute atomic E-state index is 12.5. The van der Waals surface area contributed by atoms with Crippen LogP contribution in [0.15, 0.2) is 36.5 Å². The molecule has 302 valence electrons. The summed E-state index contributed by atoms with van der Waals surface area (Å²) in [5.74, 6) is -0.284. The Bertz CT molecular complexity index is 903. The zero-order chi connectivity index (χ0) is 38.0. The minimum absolute atomic E-state index is 0.0120. The van der Waals surface area contributed by atoms with E-state index < -0.39 is 0 Å². The van der Waals surface area contributed by atoms with Crippen LogP contribution in [0.1, 0.15) is 187 Å². The molecule has 0 radical (unpaired) electrons. The van der Waals surface area contributed by atoms with Gasteiger partial charge in [0.05, 0.1) is 13.2 Å². The molecule has 0 bridgehead atoms. The number of carbonyl (C=O) groups excluding carboxylic acids is 3. The van der Waals surface area contributed by atoms with Crippen molar-refractivity contribution in [2.24, 2.45) is 0 Å². The molecular formula is C44H80N2O6. The number of esters is 2. The number of allylic oxidation sites excluding steroid dienone is 5. The number of ether oxygens (including phenoxy) is 2. The Hall–Kier alpha value is -2.45. The molecule has 1 unspecified atom stereocenters. The number of aliphatic hydroxyl groups excluding tert-OH is 1. The summed E-state index contributed by atoms with van der Waals surface area (Å²) in [6.45, 7) is 6.24. The summed E-state index contributed by atoms with van der Waals surface area (Å²) in [6, 6.07) is 0.0225. The predicted molar refractivity (Wildman–Crippen MR) is 217 cm³/mol. The van der Waals surface area contributed by atoms with Gasteiger partial charge < -0.3 is 25.2 Å². The Labute approximate surface area is 319 Å². The summed E-state index contributed by atoms with van der Waals surface area (Å²) in [4.78, 5) is 36.8. The number of aliphatic hydroxyl groups is 1. The molecule has 0 aliphatic carbocycles. The van der Waals surface area contributed by atoms with Gasteiger partial charge in [0, 0.05) is 38.4 Å². The van der Waals surface area contributed by atoms with Gasteiger partial charge >= 0.3 is 11.9 Å². The lowest BCUT2D eigenvalue weighted by molar-refractivity contribution is -0.144. The summed E-state index contributed by atoms with van der Waals surface area (Å²) in [7, 11) is 0. The number of amides is 1. The third-order valence-electron chi connectivity index (χ3n) is 9.14. The highest BCUT2D eigenvalue weighted by molar-refractivity contribution is 5.76. The number of rotatable bonds is 39. The quantitative estimate of drug-likeness (QED) is 0.0327. The molecule has 0 heterocycles. The van der Waals surface area contributed by atoms with Crippen molar-refractivity contribution < 1.29 is 29.0 Å². The zero-order valence-corrected chi connectivity index (χ0v) is 33.7. The Kier molecular flexibility index (Phi) is 39.4. The average molecular weight is 733 g/mol. The molecule has 8 heteroatoms. The first-order valence-electron chi connectivity index (χ1n) is 21.4. The second-order valence-corrected chi connectivity index (χ2v) is 14.1. The van der Waals surface area contributed by atoms with Gasteiger partial charge in [-0.3, -0.25) is 14.4 Å². The highest BCUT2D eigenvalue weighted by atomic mass is 16.5. The van der Waals surface area contributed by atoms with Crippen molar-refractivity contribution in [3.05, 3.63) is 36.5 Å². The van der Waals surface area contributed by atoms with Crippen LogP contribution in [0.4, 0.5) is 0 Å². The summed E-state index contributed by atoms with van der Waals surface area (Å²) in [5, 5.41) is 15.1. The number of carbonyl (C=O) groups is 3. The molecule has 0 saturated heterocycles. The molecule has 8 nitrogen and oxygen atoms in total. The molecule has 0 fully saturated rings. The van der Waals surface area contributed by atoms with Crippen LogP contribution in [0.2, 0.25) is 0 Å². The van der Waals surface area contributed by atoms with E-state index in [4.69, 9.17) is 14.6 Å². The van der Waals surface area contributed by atoms with Gasteiger partial charge in [-0.05, 0) is 77.0 Å². The van der Waals surface area contributed by atoms with Gasteiger partial charge in [0.1, 0.15) is 6.61 Å². The Morgan fingerprint density at radius 2 is 1.08 bits per heavy atom. The molecule has 0 aliphatic rings. The van der Waals surface area contributed by atoms with E-state index in [0.29, 0.717) is 52.0 Å². The van der Waals surface area contributed by atoms with Crippen molar-refractivity contribution in [3.63, 3.8) is 0 Å². The minimum atomic E-state index is -0.141. The summed E-state index contributed by atoms with van der Waals surface area (Å²) in [6.07, 6.45) is 40.5. The van der Waals surface area contributed by atoms with Crippen LogP contribution in [-0.2, 0) is 23.9 Å². The van der Waals surface area contributed by atoms with E-state index in [9.17, 15) is 14.4 Å². The molecular weight excluding hydrogens is 652 g/mol. The third-order valence-corrected chi connectivity index (χ3v) is 9.14. The predicted octanol–water partition coefficient (Wildman–Crippen LogP) is 10.4. The van der Waals surface area contributed by atoms with E-state index in [1.54, 1.807) is 0 Å². The molecule has 0 saturated carbocycles. The van der Waals surface area contributed by atoms with E-state index in [0.717, 1.165) is 77.0 Å². The largest absolute Gasteiger partial charge is 0.466 e. The SMILES string of the molecule is CCCCC/C=C\C/C=C\CCCCCCCC(=O)OCCCC(CCCCCCC(=O)OC/C=C/CCCCCCC)NC(=O)CCNCCO. The first kappa shape index (κ1) is 49.6. The number of nitrogens with one attached hydrogen (secondary N) is 2. The lowest BCUT2D eigenvalue weighted by atomic mass is 10.0. The highest BCUT2D eigenvalue weighted by Crippen LogP contribution is 2.13. The maximum atomic E-state index is 12.5. The van der Waals surface area contributed by atoms with E-state index in [2.05, 4.69) is 54.9 Å². The van der Waals surface area contributed by atoms with Gasteiger partial charge in [0.25, 0.3) is 0 Å². The fourth-order valence-corrected chi connectivity index (χ4v) is 5.94. The summed E-state index contributed by atoms with van der Waals surface area (Å²) >= 11 is 0. The normalized spacial score (nSPS) is 12.3. The van der Waals surface area contributed by atoms with Crippen molar-refractivity contribution in [1.29, 1.82) is 0 Å². The smallest absolute Gasteiger partial charge is 0.306 e.